The molecule has 0 fully saturated rings. The summed E-state index contributed by atoms with van der Waals surface area (Å²) in [4.78, 5) is 5.78. The van der Waals surface area contributed by atoms with Crippen LogP contribution in [0.3, 0.4) is 0 Å². The van der Waals surface area contributed by atoms with Gasteiger partial charge >= 0.3 is 0 Å². The summed E-state index contributed by atoms with van der Waals surface area (Å²) in [5, 5.41) is 10.3. The number of nitriles is 1. The second-order valence-corrected chi connectivity index (χ2v) is 8.50. The van der Waals surface area contributed by atoms with E-state index in [4.69, 9.17) is 0 Å². The number of hydrogen-bond acceptors (Lipinski definition) is 3. The Morgan fingerprint density at radius 2 is 2.17 bits per heavy atom. The molecule has 24 heavy (non-hydrogen) atoms. The van der Waals surface area contributed by atoms with E-state index in [1.54, 1.807) is 23.6 Å². The zero-order valence-electron chi connectivity index (χ0n) is 14.3. The van der Waals surface area contributed by atoms with Gasteiger partial charge < -0.3 is 0 Å². The Balaban J connectivity index is 1.91. The summed E-state index contributed by atoms with van der Waals surface area (Å²) in [6.45, 7) is 6.85. The van der Waals surface area contributed by atoms with E-state index in [0.717, 1.165) is 24.3 Å². The van der Waals surface area contributed by atoms with Gasteiger partial charge in [-0.05, 0) is 53.9 Å². The summed E-state index contributed by atoms with van der Waals surface area (Å²) < 4.78 is 13.3. The fourth-order valence-corrected chi connectivity index (χ4v) is 4.46. The van der Waals surface area contributed by atoms with Crippen molar-refractivity contribution in [1.29, 1.82) is 5.26 Å². The van der Waals surface area contributed by atoms with Gasteiger partial charge in [0.2, 0.25) is 0 Å². The van der Waals surface area contributed by atoms with Crippen molar-refractivity contribution in [2.45, 2.75) is 40.0 Å². The van der Waals surface area contributed by atoms with Crippen molar-refractivity contribution in [3.63, 3.8) is 0 Å². The lowest BCUT2D eigenvalue weighted by Crippen LogP contribution is -2.26. The minimum atomic E-state index is -0.280. The first-order valence-corrected chi connectivity index (χ1v) is 9.04. The van der Waals surface area contributed by atoms with Crippen LogP contribution < -0.4 is 0 Å². The highest BCUT2D eigenvalue weighted by Crippen LogP contribution is 2.44. The van der Waals surface area contributed by atoms with Gasteiger partial charge in [0.15, 0.2) is 0 Å². The van der Waals surface area contributed by atoms with Crippen molar-refractivity contribution < 1.29 is 4.39 Å². The molecule has 1 atom stereocenters. The Morgan fingerprint density at radius 3 is 2.83 bits per heavy atom. The molecule has 0 saturated carbocycles. The minimum absolute atomic E-state index is 0.277. The maximum Gasteiger partial charge on any atom is 0.134 e. The number of hydrogen-bond donors (Lipinski definition) is 0. The van der Waals surface area contributed by atoms with Gasteiger partial charge in [-0.3, -0.25) is 0 Å². The van der Waals surface area contributed by atoms with Crippen LogP contribution in [0.1, 0.15) is 48.8 Å². The molecule has 124 valence electrons. The highest BCUT2D eigenvalue weighted by Gasteiger charge is 2.32. The van der Waals surface area contributed by atoms with Crippen LogP contribution in [-0.4, -0.2) is 6.21 Å². The van der Waals surface area contributed by atoms with E-state index < -0.39 is 0 Å². The smallest absolute Gasteiger partial charge is 0.134 e. The van der Waals surface area contributed by atoms with Crippen LogP contribution in [-0.2, 0) is 12.8 Å². The van der Waals surface area contributed by atoms with E-state index in [-0.39, 0.29) is 11.2 Å². The first kappa shape index (κ1) is 16.9. The quantitative estimate of drug-likeness (QED) is 0.650. The highest BCUT2D eigenvalue weighted by molar-refractivity contribution is 7.16. The van der Waals surface area contributed by atoms with Crippen LogP contribution in [0.5, 0.6) is 0 Å². The molecule has 0 bridgehead atoms. The van der Waals surface area contributed by atoms with Gasteiger partial charge in [-0.25, -0.2) is 9.38 Å². The Morgan fingerprint density at radius 1 is 1.38 bits per heavy atom. The standard InChI is InChI=1S/C20H21FN2S/c1-20(2,3)14-7-8-16-17(11-22)19(24-18(16)10-14)23-12-13-5-4-6-15(21)9-13/h4-6,9,12,14H,7-8,10H2,1-3H3/t14-/m1/s1. The molecule has 2 aromatic rings. The Bertz CT molecular complexity index is 821. The summed E-state index contributed by atoms with van der Waals surface area (Å²) >= 11 is 1.62. The van der Waals surface area contributed by atoms with E-state index >= 15 is 0 Å². The summed E-state index contributed by atoms with van der Waals surface area (Å²) in [5.41, 5.74) is 2.86. The summed E-state index contributed by atoms with van der Waals surface area (Å²) in [5.74, 6) is 0.355. The largest absolute Gasteiger partial charge is 0.244 e. The zero-order valence-corrected chi connectivity index (χ0v) is 15.1. The van der Waals surface area contributed by atoms with Gasteiger partial charge in [-0.1, -0.05) is 32.9 Å². The molecule has 2 nitrogen and oxygen atoms in total. The van der Waals surface area contributed by atoms with Gasteiger partial charge in [0, 0.05) is 11.1 Å². The number of thiophene rings is 1. The number of nitrogens with zero attached hydrogens (tertiary/aromatic N) is 2. The highest BCUT2D eigenvalue weighted by atomic mass is 32.1. The van der Waals surface area contributed by atoms with Crippen LogP contribution >= 0.6 is 11.3 Å². The van der Waals surface area contributed by atoms with Crippen molar-refractivity contribution in [3.05, 3.63) is 51.7 Å². The Hall–Kier alpha value is -1.99. The van der Waals surface area contributed by atoms with Crippen LogP contribution in [0.4, 0.5) is 9.39 Å². The van der Waals surface area contributed by atoms with Gasteiger partial charge in [-0.2, -0.15) is 5.26 Å². The maximum atomic E-state index is 13.3. The van der Waals surface area contributed by atoms with Crippen molar-refractivity contribution >= 4 is 22.6 Å². The molecule has 0 spiro atoms. The molecule has 1 aromatic heterocycles. The van der Waals surface area contributed by atoms with Crippen LogP contribution in [0, 0.1) is 28.5 Å². The second-order valence-electron chi connectivity index (χ2n) is 7.41. The molecule has 0 aliphatic heterocycles. The topological polar surface area (TPSA) is 36.1 Å². The Kier molecular flexibility index (Phi) is 4.56. The molecule has 3 rings (SSSR count). The molecular weight excluding hydrogens is 319 g/mol. The molecular formula is C20H21FN2S. The lowest BCUT2D eigenvalue weighted by molar-refractivity contribution is 0.218. The van der Waals surface area contributed by atoms with E-state index in [1.807, 2.05) is 6.07 Å². The number of halogens is 1. The summed E-state index contributed by atoms with van der Waals surface area (Å²) in [7, 11) is 0. The predicted octanol–water partition coefficient (Wildman–Crippen LogP) is 5.66. The molecule has 1 aliphatic rings. The summed E-state index contributed by atoms with van der Waals surface area (Å²) in [6.07, 6.45) is 4.73. The summed E-state index contributed by atoms with van der Waals surface area (Å²) in [6, 6.07) is 8.65. The van der Waals surface area contributed by atoms with Crippen LogP contribution in [0.15, 0.2) is 29.3 Å². The van der Waals surface area contributed by atoms with Crippen molar-refractivity contribution in [3.8, 4) is 6.07 Å². The second kappa shape index (κ2) is 6.49. The monoisotopic (exact) mass is 340 g/mol. The third-order valence-corrected chi connectivity index (χ3v) is 5.93. The molecule has 1 heterocycles. The van der Waals surface area contributed by atoms with Crippen molar-refractivity contribution in [2.75, 3.05) is 0 Å². The molecule has 0 amide bonds. The fraction of sp³-hybridized carbons (Fsp3) is 0.400. The van der Waals surface area contributed by atoms with Gasteiger partial charge in [0.25, 0.3) is 0 Å². The number of aliphatic imine (C=N–C) groups is 1. The molecule has 0 radical (unpaired) electrons. The lowest BCUT2D eigenvalue weighted by Gasteiger charge is -2.33. The third kappa shape index (κ3) is 3.42. The number of rotatable bonds is 2. The van der Waals surface area contributed by atoms with Crippen molar-refractivity contribution in [2.24, 2.45) is 16.3 Å². The predicted molar refractivity (Wildman–Crippen MR) is 97.7 cm³/mol. The normalized spacial score (nSPS) is 17.7. The minimum Gasteiger partial charge on any atom is -0.244 e. The lowest BCUT2D eigenvalue weighted by atomic mass is 9.72. The third-order valence-electron chi connectivity index (χ3n) is 4.76. The van der Waals surface area contributed by atoms with Gasteiger partial charge in [-0.15, -0.1) is 11.3 Å². The van der Waals surface area contributed by atoms with Crippen LogP contribution in [0.25, 0.3) is 0 Å². The number of fused-ring (bicyclic) bond motifs is 1. The maximum absolute atomic E-state index is 13.3. The first-order chi connectivity index (χ1) is 11.4. The van der Waals surface area contributed by atoms with Gasteiger partial charge in [0.1, 0.15) is 16.9 Å². The van der Waals surface area contributed by atoms with E-state index in [1.165, 1.54) is 22.6 Å². The molecule has 0 N–H and O–H groups in total. The molecule has 4 heteroatoms. The Labute approximate surface area is 146 Å². The molecule has 0 unspecified atom stereocenters. The van der Waals surface area contributed by atoms with E-state index in [0.29, 0.717) is 17.0 Å². The SMILES string of the molecule is CC(C)(C)[C@@H]1CCc2c(sc(N=Cc3cccc(F)c3)c2C#N)C1. The van der Waals surface area contributed by atoms with Gasteiger partial charge in [0.05, 0.1) is 5.56 Å². The van der Waals surface area contributed by atoms with E-state index in [2.05, 4.69) is 31.8 Å². The molecule has 1 aromatic carbocycles. The first-order valence-electron chi connectivity index (χ1n) is 8.22. The fourth-order valence-electron chi connectivity index (χ4n) is 3.24. The van der Waals surface area contributed by atoms with Crippen LogP contribution in [0.2, 0.25) is 0 Å². The molecule has 1 aliphatic carbocycles. The number of benzene rings is 1. The zero-order chi connectivity index (χ0) is 17.3. The molecule has 0 saturated heterocycles. The average molecular weight is 340 g/mol. The van der Waals surface area contributed by atoms with E-state index in [9.17, 15) is 9.65 Å². The average Bonchev–Trinajstić information content (AvgIpc) is 2.88. The van der Waals surface area contributed by atoms with Crippen molar-refractivity contribution in [1.82, 2.24) is 0 Å².